The van der Waals surface area contributed by atoms with Gasteiger partial charge in [-0.1, -0.05) is 66.2 Å². The number of rotatable bonds is 12. The van der Waals surface area contributed by atoms with Crippen LogP contribution in [0.15, 0.2) is 0 Å². The van der Waals surface area contributed by atoms with Gasteiger partial charge >= 0.3 is 23.9 Å². The molecular formula is C18H34O4Sn. The van der Waals surface area contributed by atoms with E-state index in [1.165, 1.54) is 12.8 Å². The van der Waals surface area contributed by atoms with Crippen molar-refractivity contribution < 1.29 is 19.8 Å². The number of carbonyl (C=O) groups is 2. The summed E-state index contributed by atoms with van der Waals surface area (Å²) in [5, 5.41) is 20.0. The molecule has 0 amide bonds. The summed E-state index contributed by atoms with van der Waals surface area (Å²) in [5.41, 5.74) is 0. The van der Waals surface area contributed by atoms with Gasteiger partial charge in [-0.15, -0.1) is 0 Å². The Morgan fingerprint density at radius 2 is 0.957 bits per heavy atom. The van der Waals surface area contributed by atoms with Gasteiger partial charge < -0.3 is 19.8 Å². The van der Waals surface area contributed by atoms with E-state index >= 15 is 0 Å². The molecule has 0 aliphatic rings. The van der Waals surface area contributed by atoms with Crippen LogP contribution in [0.2, 0.25) is 0 Å². The molecule has 0 aromatic heterocycles. The van der Waals surface area contributed by atoms with Gasteiger partial charge in [-0.3, -0.25) is 0 Å². The summed E-state index contributed by atoms with van der Waals surface area (Å²) in [7, 11) is 0. The number of hydrogen-bond acceptors (Lipinski definition) is 4. The average Bonchev–Trinajstić information content (AvgIpc) is 2.37. The molecule has 0 N–H and O–H groups in total. The zero-order valence-electron chi connectivity index (χ0n) is 15.4. The van der Waals surface area contributed by atoms with Crippen molar-refractivity contribution in [1.82, 2.24) is 0 Å². The first-order valence-corrected chi connectivity index (χ1v) is 8.65. The molecule has 0 aliphatic heterocycles. The van der Waals surface area contributed by atoms with Crippen molar-refractivity contribution in [3.05, 3.63) is 0 Å². The van der Waals surface area contributed by atoms with E-state index in [9.17, 15) is 19.8 Å². The van der Waals surface area contributed by atoms with Gasteiger partial charge in [0.2, 0.25) is 0 Å². The Bertz CT molecular complexity index is 250. The van der Waals surface area contributed by atoms with Gasteiger partial charge in [0, 0.05) is 11.9 Å². The van der Waals surface area contributed by atoms with Crippen LogP contribution in [0.3, 0.4) is 0 Å². The van der Waals surface area contributed by atoms with Crippen molar-refractivity contribution in [1.29, 1.82) is 0 Å². The Labute approximate surface area is 159 Å². The van der Waals surface area contributed by atoms with Crippen LogP contribution in [0, 0.1) is 11.8 Å². The zero-order chi connectivity index (χ0) is 17.4. The fourth-order valence-corrected chi connectivity index (χ4v) is 2.00. The summed E-state index contributed by atoms with van der Waals surface area (Å²) in [6.07, 6.45) is 8.72. The van der Waals surface area contributed by atoms with Gasteiger partial charge in [-0.05, 0) is 37.5 Å². The molecule has 0 aromatic carbocycles. The quantitative estimate of drug-likeness (QED) is 0.350. The first kappa shape index (κ1) is 27.6. The SMILES string of the molecule is CC(C)CCCCCC(=O)[O-].CC(C)CCCCCC(=O)[O-].[Sn+2]. The molecule has 0 aliphatic carbocycles. The molecule has 0 heterocycles. The van der Waals surface area contributed by atoms with Crippen molar-refractivity contribution in [2.75, 3.05) is 0 Å². The van der Waals surface area contributed by atoms with Crippen LogP contribution in [-0.2, 0) is 9.59 Å². The van der Waals surface area contributed by atoms with Crippen molar-refractivity contribution in [2.45, 2.75) is 91.9 Å². The second-order valence-corrected chi connectivity index (χ2v) is 6.73. The first-order chi connectivity index (χ1) is 10.3. The molecule has 0 saturated carbocycles. The van der Waals surface area contributed by atoms with Crippen LogP contribution in [0.5, 0.6) is 0 Å². The van der Waals surface area contributed by atoms with Gasteiger partial charge in [0.1, 0.15) is 0 Å². The minimum atomic E-state index is -0.922. The fraction of sp³-hybridized carbons (Fsp3) is 0.889. The topological polar surface area (TPSA) is 80.3 Å². The maximum Gasteiger partial charge on any atom is 2.00 e. The van der Waals surface area contributed by atoms with E-state index in [4.69, 9.17) is 0 Å². The van der Waals surface area contributed by atoms with E-state index in [0.717, 1.165) is 50.4 Å². The van der Waals surface area contributed by atoms with E-state index < -0.39 is 11.9 Å². The minimum absolute atomic E-state index is 0. The third-order valence-corrected chi connectivity index (χ3v) is 3.32. The summed E-state index contributed by atoms with van der Waals surface area (Å²) >= 11 is 0. The number of unbranched alkanes of at least 4 members (excludes halogenated alkanes) is 4. The van der Waals surface area contributed by atoms with Gasteiger partial charge in [-0.2, -0.15) is 0 Å². The minimum Gasteiger partial charge on any atom is -0.550 e. The Morgan fingerprint density at radius 3 is 1.17 bits per heavy atom. The number of carboxylic acids is 2. The largest absolute Gasteiger partial charge is 2.00 e. The van der Waals surface area contributed by atoms with Crippen LogP contribution in [0.1, 0.15) is 91.9 Å². The third kappa shape index (κ3) is 34.2. The van der Waals surface area contributed by atoms with Gasteiger partial charge in [0.15, 0.2) is 0 Å². The van der Waals surface area contributed by atoms with Crippen molar-refractivity contribution in [2.24, 2.45) is 11.8 Å². The normalized spacial score (nSPS) is 10.0. The number of aliphatic carboxylic acids is 2. The molecule has 0 saturated heterocycles. The van der Waals surface area contributed by atoms with E-state index in [2.05, 4.69) is 27.7 Å². The van der Waals surface area contributed by atoms with Crippen molar-refractivity contribution >= 4 is 35.8 Å². The predicted molar refractivity (Wildman–Crippen MR) is 91.6 cm³/mol. The van der Waals surface area contributed by atoms with Crippen molar-refractivity contribution in [3.8, 4) is 0 Å². The molecule has 5 heteroatoms. The summed E-state index contributed by atoms with van der Waals surface area (Å²) < 4.78 is 0. The van der Waals surface area contributed by atoms with Crippen LogP contribution >= 0.6 is 0 Å². The summed E-state index contributed by atoms with van der Waals surface area (Å²) in [4.78, 5) is 20.0. The average molecular weight is 433 g/mol. The monoisotopic (exact) mass is 434 g/mol. The van der Waals surface area contributed by atoms with Crippen LogP contribution < -0.4 is 10.2 Å². The van der Waals surface area contributed by atoms with Crippen LogP contribution in [0.25, 0.3) is 0 Å². The Kier molecular flexibility index (Phi) is 23.7. The Balaban J connectivity index is -0.000000333. The Morgan fingerprint density at radius 1 is 0.652 bits per heavy atom. The maximum atomic E-state index is 9.99. The second kappa shape index (κ2) is 19.8. The number of hydrogen-bond donors (Lipinski definition) is 0. The molecule has 0 aromatic rings. The smallest absolute Gasteiger partial charge is 0.550 e. The standard InChI is InChI=1S/2C9H18O2.Sn/c2*1-8(2)6-4-3-5-7-9(10)11;/h2*8H,3-7H2,1-2H3,(H,10,11);/q;;+2/p-2. The van der Waals surface area contributed by atoms with Crippen LogP contribution in [-0.4, -0.2) is 35.8 Å². The van der Waals surface area contributed by atoms with Crippen LogP contribution in [0.4, 0.5) is 0 Å². The molecular weight excluding hydrogens is 399 g/mol. The molecule has 0 atom stereocenters. The zero-order valence-corrected chi connectivity index (χ0v) is 18.2. The number of carboxylic acid groups (broad SMARTS) is 2. The summed E-state index contributed by atoms with van der Waals surface area (Å²) in [6, 6.07) is 0. The predicted octanol–water partition coefficient (Wildman–Crippen LogP) is 2.30. The first-order valence-electron chi connectivity index (χ1n) is 8.65. The molecule has 0 rings (SSSR count). The van der Waals surface area contributed by atoms with E-state index in [0.29, 0.717) is 0 Å². The molecule has 0 fully saturated rings. The third-order valence-electron chi connectivity index (χ3n) is 3.32. The van der Waals surface area contributed by atoms with E-state index in [1.807, 2.05) is 0 Å². The summed E-state index contributed by atoms with van der Waals surface area (Å²) in [6.45, 7) is 8.72. The second-order valence-electron chi connectivity index (χ2n) is 6.73. The van der Waals surface area contributed by atoms with Gasteiger partial charge in [0.05, 0.1) is 0 Å². The van der Waals surface area contributed by atoms with Crippen molar-refractivity contribution in [3.63, 3.8) is 0 Å². The van der Waals surface area contributed by atoms with E-state index in [-0.39, 0.29) is 36.7 Å². The molecule has 134 valence electrons. The maximum absolute atomic E-state index is 9.99. The summed E-state index contributed by atoms with van der Waals surface area (Å²) in [5.74, 6) is -0.375. The van der Waals surface area contributed by atoms with E-state index in [1.54, 1.807) is 0 Å². The Hall–Kier alpha value is -0.261. The molecule has 0 spiro atoms. The fourth-order valence-electron chi connectivity index (χ4n) is 2.00. The molecule has 23 heavy (non-hydrogen) atoms. The molecule has 4 nitrogen and oxygen atoms in total. The molecule has 0 bridgehead atoms. The number of carbonyl (C=O) groups excluding carboxylic acids is 2. The molecule has 0 unspecified atom stereocenters. The molecule has 2 radical (unpaired) electrons. The van der Waals surface area contributed by atoms with Gasteiger partial charge in [0.25, 0.3) is 0 Å². The van der Waals surface area contributed by atoms with Gasteiger partial charge in [-0.25, -0.2) is 0 Å².